The van der Waals surface area contributed by atoms with Crippen molar-refractivity contribution in [3.8, 4) is 0 Å². The first-order valence-electron chi connectivity index (χ1n) is 7.42. The number of nitrogens with two attached hydrogens (primary N) is 1. The molecule has 0 aromatic heterocycles. The first-order chi connectivity index (χ1) is 10.1. The van der Waals surface area contributed by atoms with Crippen molar-refractivity contribution in [1.29, 1.82) is 0 Å². The van der Waals surface area contributed by atoms with Crippen molar-refractivity contribution in [3.05, 3.63) is 35.9 Å². The number of carbonyl (C=O) groups is 2. The Balaban J connectivity index is 2.13. The van der Waals surface area contributed by atoms with Gasteiger partial charge >= 0.3 is 5.97 Å². The normalized spacial score (nSPS) is 19.9. The molecule has 0 radical (unpaired) electrons. The van der Waals surface area contributed by atoms with Crippen LogP contribution in [0, 0.1) is 0 Å². The highest BCUT2D eigenvalue weighted by Gasteiger charge is 2.35. The molecule has 2 atom stereocenters. The number of amides is 1. The zero-order valence-electron chi connectivity index (χ0n) is 12.3. The molecule has 0 saturated carbocycles. The van der Waals surface area contributed by atoms with E-state index in [4.69, 9.17) is 10.5 Å². The second-order valence-electron chi connectivity index (χ2n) is 5.18. The second kappa shape index (κ2) is 7.22. The average Bonchev–Trinajstić information content (AvgIpc) is 2.54. The van der Waals surface area contributed by atoms with Crippen LogP contribution in [0.15, 0.2) is 30.3 Å². The van der Waals surface area contributed by atoms with Crippen LogP contribution in [0.5, 0.6) is 0 Å². The number of likely N-dealkylation sites (tertiary alicyclic amines) is 1. The van der Waals surface area contributed by atoms with Gasteiger partial charge in [-0.3, -0.25) is 4.79 Å². The minimum absolute atomic E-state index is 0.209. The molecule has 0 bridgehead atoms. The van der Waals surface area contributed by atoms with Crippen molar-refractivity contribution < 1.29 is 14.3 Å². The van der Waals surface area contributed by atoms with E-state index in [-0.39, 0.29) is 11.9 Å². The summed E-state index contributed by atoms with van der Waals surface area (Å²) in [6.45, 7) is 2.65. The molecule has 1 aromatic rings. The maximum Gasteiger partial charge on any atom is 0.328 e. The van der Waals surface area contributed by atoms with Gasteiger partial charge < -0.3 is 15.4 Å². The van der Waals surface area contributed by atoms with Crippen molar-refractivity contribution in [2.75, 3.05) is 13.2 Å². The summed E-state index contributed by atoms with van der Waals surface area (Å²) in [6, 6.07) is 7.99. The molecule has 21 heavy (non-hydrogen) atoms. The molecule has 1 aromatic carbocycles. The Bertz CT molecular complexity index is 490. The Kier molecular flexibility index (Phi) is 5.33. The third-order valence-corrected chi connectivity index (χ3v) is 3.77. The van der Waals surface area contributed by atoms with E-state index >= 15 is 0 Å². The fraction of sp³-hybridized carbons (Fsp3) is 0.500. The molecule has 1 aliphatic heterocycles. The topological polar surface area (TPSA) is 72.6 Å². The number of rotatable bonds is 4. The molecule has 114 valence electrons. The summed E-state index contributed by atoms with van der Waals surface area (Å²) in [4.78, 5) is 26.2. The lowest BCUT2D eigenvalue weighted by atomic mass is 9.99. The van der Waals surface area contributed by atoms with Gasteiger partial charge in [0, 0.05) is 6.54 Å². The summed E-state index contributed by atoms with van der Waals surface area (Å²) in [6.07, 6.45) is 2.46. The summed E-state index contributed by atoms with van der Waals surface area (Å²) in [7, 11) is 0. The van der Waals surface area contributed by atoms with Gasteiger partial charge in [0.1, 0.15) is 12.1 Å². The quantitative estimate of drug-likeness (QED) is 0.855. The molecule has 0 aliphatic carbocycles. The van der Waals surface area contributed by atoms with Gasteiger partial charge in [0.2, 0.25) is 5.91 Å². The van der Waals surface area contributed by atoms with Crippen LogP contribution in [0.1, 0.15) is 37.8 Å². The molecule has 1 amide bonds. The zero-order chi connectivity index (χ0) is 15.2. The smallest absolute Gasteiger partial charge is 0.328 e. The number of carbonyl (C=O) groups excluding carboxylic acids is 2. The maximum atomic E-state index is 12.6. The van der Waals surface area contributed by atoms with Crippen molar-refractivity contribution in [2.45, 2.75) is 38.3 Å². The van der Waals surface area contributed by atoms with Crippen LogP contribution < -0.4 is 5.73 Å². The molecule has 2 N–H and O–H groups in total. The van der Waals surface area contributed by atoms with Gasteiger partial charge in [0.05, 0.1) is 6.61 Å². The number of esters is 1. The Hall–Kier alpha value is -1.88. The van der Waals surface area contributed by atoms with E-state index in [1.165, 1.54) is 0 Å². The number of piperidine rings is 1. The molecule has 5 nitrogen and oxygen atoms in total. The summed E-state index contributed by atoms with van der Waals surface area (Å²) >= 11 is 0. The van der Waals surface area contributed by atoms with Crippen LogP contribution in [0.25, 0.3) is 0 Å². The highest BCUT2D eigenvalue weighted by atomic mass is 16.5. The van der Waals surface area contributed by atoms with Gasteiger partial charge in [0.15, 0.2) is 0 Å². The Morgan fingerprint density at radius 1 is 1.33 bits per heavy atom. The molecule has 2 rings (SSSR count). The van der Waals surface area contributed by atoms with E-state index in [0.29, 0.717) is 19.6 Å². The van der Waals surface area contributed by atoms with E-state index < -0.39 is 12.1 Å². The summed E-state index contributed by atoms with van der Waals surface area (Å²) < 4.78 is 5.07. The third-order valence-electron chi connectivity index (χ3n) is 3.77. The number of benzene rings is 1. The summed E-state index contributed by atoms with van der Waals surface area (Å²) in [5, 5.41) is 0. The highest BCUT2D eigenvalue weighted by molar-refractivity contribution is 5.88. The largest absolute Gasteiger partial charge is 0.464 e. The number of ether oxygens (including phenoxy) is 1. The second-order valence-corrected chi connectivity index (χ2v) is 5.18. The highest BCUT2D eigenvalue weighted by Crippen LogP contribution is 2.22. The maximum absolute atomic E-state index is 12.6. The first kappa shape index (κ1) is 15.5. The molecule has 0 spiro atoms. The van der Waals surface area contributed by atoms with Crippen LogP contribution in [0.2, 0.25) is 0 Å². The Morgan fingerprint density at radius 3 is 2.71 bits per heavy atom. The van der Waals surface area contributed by atoms with Gasteiger partial charge in [-0.2, -0.15) is 0 Å². The van der Waals surface area contributed by atoms with E-state index in [1.54, 1.807) is 11.8 Å². The molecular formula is C16H22N2O3. The lowest BCUT2D eigenvalue weighted by Crippen LogP contribution is -2.51. The Labute approximate surface area is 125 Å². The summed E-state index contributed by atoms with van der Waals surface area (Å²) in [5.41, 5.74) is 6.82. The number of hydrogen-bond acceptors (Lipinski definition) is 4. The van der Waals surface area contributed by atoms with Crippen molar-refractivity contribution >= 4 is 11.9 Å². The van der Waals surface area contributed by atoms with E-state index in [9.17, 15) is 9.59 Å². The average molecular weight is 290 g/mol. The number of hydrogen-bond donors (Lipinski definition) is 1. The summed E-state index contributed by atoms with van der Waals surface area (Å²) in [5.74, 6) is -0.537. The fourth-order valence-corrected chi connectivity index (χ4v) is 2.66. The predicted molar refractivity (Wildman–Crippen MR) is 79.4 cm³/mol. The van der Waals surface area contributed by atoms with Crippen LogP contribution in [-0.4, -0.2) is 36.0 Å². The van der Waals surface area contributed by atoms with Crippen LogP contribution >= 0.6 is 0 Å². The number of nitrogens with zero attached hydrogens (tertiary/aromatic N) is 1. The molecule has 5 heteroatoms. The van der Waals surface area contributed by atoms with E-state index in [2.05, 4.69) is 0 Å². The lowest BCUT2D eigenvalue weighted by molar-refractivity contribution is -0.157. The monoisotopic (exact) mass is 290 g/mol. The van der Waals surface area contributed by atoms with Crippen LogP contribution in [0.3, 0.4) is 0 Å². The Morgan fingerprint density at radius 2 is 2.05 bits per heavy atom. The van der Waals surface area contributed by atoms with E-state index in [0.717, 1.165) is 18.4 Å². The van der Waals surface area contributed by atoms with Crippen molar-refractivity contribution in [1.82, 2.24) is 4.90 Å². The van der Waals surface area contributed by atoms with Crippen LogP contribution in [-0.2, 0) is 14.3 Å². The van der Waals surface area contributed by atoms with Gasteiger partial charge in [0.25, 0.3) is 0 Å². The molecule has 1 heterocycles. The molecule has 2 unspecified atom stereocenters. The van der Waals surface area contributed by atoms with Crippen LogP contribution in [0.4, 0.5) is 0 Å². The fourth-order valence-electron chi connectivity index (χ4n) is 2.66. The predicted octanol–water partition coefficient (Wildman–Crippen LogP) is 1.63. The first-order valence-corrected chi connectivity index (χ1v) is 7.42. The van der Waals surface area contributed by atoms with Gasteiger partial charge in [-0.05, 0) is 31.7 Å². The van der Waals surface area contributed by atoms with Crippen molar-refractivity contribution in [3.63, 3.8) is 0 Å². The van der Waals surface area contributed by atoms with Crippen molar-refractivity contribution in [2.24, 2.45) is 5.73 Å². The van der Waals surface area contributed by atoms with Gasteiger partial charge in [-0.1, -0.05) is 30.3 Å². The molecule has 1 fully saturated rings. The van der Waals surface area contributed by atoms with E-state index in [1.807, 2.05) is 30.3 Å². The third kappa shape index (κ3) is 3.61. The minimum Gasteiger partial charge on any atom is -0.464 e. The van der Waals surface area contributed by atoms with Gasteiger partial charge in [-0.15, -0.1) is 0 Å². The standard InChI is InChI=1S/C16H22N2O3/c1-2-21-16(20)13-10-6-7-11-18(13)15(19)14(17)12-8-4-3-5-9-12/h3-5,8-9,13-14H,2,6-7,10-11,17H2,1H3. The molecule has 1 saturated heterocycles. The zero-order valence-corrected chi connectivity index (χ0v) is 12.3. The minimum atomic E-state index is -0.735. The van der Waals surface area contributed by atoms with Gasteiger partial charge in [-0.25, -0.2) is 4.79 Å². The SMILES string of the molecule is CCOC(=O)C1CCCCN1C(=O)C(N)c1ccccc1. The lowest BCUT2D eigenvalue weighted by Gasteiger charge is -2.35. The molecule has 1 aliphatic rings. The molecular weight excluding hydrogens is 268 g/mol.